The maximum absolute atomic E-state index is 6.15. The molecule has 1 aliphatic carbocycles. The highest BCUT2D eigenvalue weighted by atomic mass is 35.5. The smallest absolute Gasteiger partial charge is 0.181 e. The van der Waals surface area contributed by atoms with Crippen LogP contribution in [0.2, 0.25) is 5.02 Å². The SMILES string of the molecule is Clc1ccccc1-c1ocnc1CNC1CC1. The van der Waals surface area contributed by atoms with Crippen LogP contribution in [-0.2, 0) is 6.54 Å². The van der Waals surface area contributed by atoms with Gasteiger partial charge in [-0.2, -0.15) is 0 Å². The minimum absolute atomic E-state index is 0.658. The number of aromatic nitrogens is 1. The summed E-state index contributed by atoms with van der Waals surface area (Å²) >= 11 is 6.15. The van der Waals surface area contributed by atoms with Gasteiger partial charge in [0.15, 0.2) is 12.2 Å². The lowest BCUT2D eigenvalue weighted by atomic mass is 10.1. The van der Waals surface area contributed by atoms with Gasteiger partial charge in [0.05, 0.1) is 5.02 Å². The average Bonchev–Trinajstić information content (AvgIpc) is 3.06. The molecule has 1 fully saturated rings. The van der Waals surface area contributed by atoms with Crippen molar-refractivity contribution in [3.8, 4) is 11.3 Å². The molecule has 4 heteroatoms. The van der Waals surface area contributed by atoms with E-state index in [1.54, 1.807) is 0 Å². The summed E-state index contributed by atoms with van der Waals surface area (Å²) in [6.07, 6.45) is 4.00. The van der Waals surface area contributed by atoms with E-state index < -0.39 is 0 Å². The third kappa shape index (κ3) is 2.35. The molecule has 0 aliphatic heterocycles. The number of hydrogen-bond acceptors (Lipinski definition) is 3. The van der Waals surface area contributed by atoms with E-state index in [1.165, 1.54) is 19.2 Å². The zero-order valence-electron chi connectivity index (χ0n) is 9.32. The number of halogens is 1. The van der Waals surface area contributed by atoms with E-state index in [0.29, 0.717) is 11.1 Å². The van der Waals surface area contributed by atoms with E-state index in [1.807, 2.05) is 24.3 Å². The molecule has 1 N–H and O–H groups in total. The van der Waals surface area contributed by atoms with E-state index in [2.05, 4.69) is 10.3 Å². The highest BCUT2D eigenvalue weighted by Crippen LogP contribution is 2.30. The molecule has 0 unspecified atom stereocenters. The molecule has 0 spiro atoms. The first kappa shape index (κ1) is 10.8. The molecule has 17 heavy (non-hydrogen) atoms. The van der Waals surface area contributed by atoms with Crippen molar-refractivity contribution in [2.24, 2.45) is 0 Å². The van der Waals surface area contributed by atoms with E-state index in [0.717, 1.165) is 23.6 Å². The highest BCUT2D eigenvalue weighted by molar-refractivity contribution is 6.33. The van der Waals surface area contributed by atoms with Crippen LogP contribution in [0.4, 0.5) is 0 Å². The van der Waals surface area contributed by atoms with Crippen molar-refractivity contribution < 1.29 is 4.42 Å². The molecule has 1 aromatic carbocycles. The monoisotopic (exact) mass is 248 g/mol. The maximum Gasteiger partial charge on any atom is 0.181 e. The Morgan fingerprint density at radius 1 is 1.35 bits per heavy atom. The summed E-state index contributed by atoms with van der Waals surface area (Å²) in [5, 5.41) is 4.11. The molecule has 0 bridgehead atoms. The lowest BCUT2D eigenvalue weighted by molar-refractivity contribution is 0.569. The molecule has 1 saturated carbocycles. The van der Waals surface area contributed by atoms with Crippen molar-refractivity contribution in [3.05, 3.63) is 41.4 Å². The van der Waals surface area contributed by atoms with Gasteiger partial charge < -0.3 is 9.73 Å². The van der Waals surface area contributed by atoms with Gasteiger partial charge in [-0.1, -0.05) is 23.7 Å². The Morgan fingerprint density at radius 3 is 2.94 bits per heavy atom. The van der Waals surface area contributed by atoms with E-state index in [-0.39, 0.29) is 0 Å². The third-order valence-corrected chi connectivity index (χ3v) is 3.22. The lowest BCUT2D eigenvalue weighted by Gasteiger charge is -2.04. The maximum atomic E-state index is 6.15. The Hall–Kier alpha value is -1.32. The number of rotatable bonds is 4. The quantitative estimate of drug-likeness (QED) is 0.903. The van der Waals surface area contributed by atoms with Crippen molar-refractivity contribution >= 4 is 11.6 Å². The second-order valence-electron chi connectivity index (χ2n) is 4.26. The van der Waals surface area contributed by atoms with Crippen LogP contribution in [0.5, 0.6) is 0 Å². The van der Waals surface area contributed by atoms with Crippen molar-refractivity contribution in [2.75, 3.05) is 0 Å². The van der Waals surface area contributed by atoms with Gasteiger partial charge in [-0.05, 0) is 25.0 Å². The van der Waals surface area contributed by atoms with Crippen LogP contribution in [-0.4, -0.2) is 11.0 Å². The summed E-state index contributed by atoms with van der Waals surface area (Å²) in [5.41, 5.74) is 1.82. The fourth-order valence-electron chi connectivity index (χ4n) is 1.79. The second kappa shape index (κ2) is 4.51. The second-order valence-corrected chi connectivity index (χ2v) is 4.67. The number of nitrogens with zero attached hydrogens (tertiary/aromatic N) is 1. The largest absolute Gasteiger partial charge is 0.443 e. The zero-order chi connectivity index (χ0) is 11.7. The molecular formula is C13H13ClN2O. The summed E-state index contributed by atoms with van der Waals surface area (Å²) in [5.74, 6) is 0.767. The first-order chi connectivity index (χ1) is 8.34. The summed E-state index contributed by atoms with van der Waals surface area (Å²) in [6.45, 7) is 0.738. The molecule has 0 atom stereocenters. The predicted octanol–water partition coefficient (Wildman–Crippen LogP) is 3.25. The van der Waals surface area contributed by atoms with E-state index in [4.69, 9.17) is 16.0 Å². The van der Waals surface area contributed by atoms with Crippen LogP contribution < -0.4 is 5.32 Å². The fraction of sp³-hybridized carbons (Fsp3) is 0.308. The summed E-state index contributed by atoms with van der Waals surface area (Å²) in [4.78, 5) is 4.25. The summed E-state index contributed by atoms with van der Waals surface area (Å²) in [7, 11) is 0. The van der Waals surface area contributed by atoms with Gasteiger partial charge in [0.2, 0.25) is 0 Å². The van der Waals surface area contributed by atoms with Crippen LogP contribution in [0.15, 0.2) is 35.1 Å². The first-order valence-electron chi connectivity index (χ1n) is 5.75. The number of benzene rings is 1. The van der Waals surface area contributed by atoms with Gasteiger partial charge in [-0.15, -0.1) is 0 Å². The van der Waals surface area contributed by atoms with Crippen LogP contribution >= 0.6 is 11.6 Å². The third-order valence-electron chi connectivity index (χ3n) is 2.90. The number of hydrogen-bond donors (Lipinski definition) is 1. The molecule has 88 valence electrons. The van der Waals surface area contributed by atoms with Crippen LogP contribution in [0.3, 0.4) is 0 Å². The highest BCUT2D eigenvalue weighted by Gasteiger charge is 2.22. The topological polar surface area (TPSA) is 38.1 Å². The van der Waals surface area contributed by atoms with Gasteiger partial charge >= 0.3 is 0 Å². The van der Waals surface area contributed by atoms with Gasteiger partial charge in [0.25, 0.3) is 0 Å². The normalized spacial score (nSPS) is 15.1. The van der Waals surface area contributed by atoms with Crippen LogP contribution in [0.25, 0.3) is 11.3 Å². The Balaban J connectivity index is 1.86. The molecule has 0 amide bonds. The summed E-state index contributed by atoms with van der Waals surface area (Å²) < 4.78 is 5.45. The molecule has 3 nitrogen and oxygen atoms in total. The minimum atomic E-state index is 0.658. The van der Waals surface area contributed by atoms with Gasteiger partial charge in [-0.25, -0.2) is 4.98 Å². The molecule has 1 heterocycles. The van der Waals surface area contributed by atoms with Crippen molar-refractivity contribution in [3.63, 3.8) is 0 Å². The van der Waals surface area contributed by atoms with E-state index >= 15 is 0 Å². The Bertz CT molecular complexity index is 520. The first-order valence-corrected chi connectivity index (χ1v) is 6.13. The molecule has 1 aliphatic rings. The molecule has 2 aromatic rings. The Labute approximate surface area is 105 Å². The molecular weight excluding hydrogens is 236 g/mol. The zero-order valence-corrected chi connectivity index (χ0v) is 10.1. The Kier molecular flexibility index (Phi) is 2.87. The van der Waals surface area contributed by atoms with E-state index in [9.17, 15) is 0 Å². The number of oxazole rings is 1. The lowest BCUT2D eigenvalue weighted by Crippen LogP contribution is -2.15. The van der Waals surface area contributed by atoms with Crippen molar-refractivity contribution in [1.82, 2.24) is 10.3 Å². The van der Waals surface area contributed by atoms with Crippen LogP contribution in [0, 0.1) is 0 Å². The minimum Gasteiger partial charge on any atom is -0.443 e. The standard InChI is InChI=1S/C13H13ClN2O/c14-11-4-2-1-3-10(11)13-12(16-8-17-13)7-15-9-5-6-9/h1-4,8-9,15H,5-7H2. The molecule has 0 saturated heterocycles. The summed E-state index contributed by atoms with van der Waals surface area (Å²) in [6, 6.07) is 8.32. The van der Waals surface area contributed by atoms with Gasteiger partial charge in [0, 0.05) is 18.2 Å². The van der Waals surface area contributed by atoms with Crippen molar-refractivity contribution in [1.29, 1.82) is 0 Å². The molecule has 3 rings (SSSR count). The molecule has 1 aromatic heterocycles. The average molecular weight is 249 g/mol. The van der Waals surface area contributed by atoms with Crippen molar-refractivity contribution in [2.45, 2.75) is 25.4 Å². The fourth-order valence-corrected chi connectivity index (χ4v) is 2.01. The predicted molar refractivity (Wildman–Crippen MR) is 66.8 cm³/mol. The number of nitrogens with one attached hydrogen (secondary N) is 1. The Morgan fingerprint density at radius 2 is 2.18 bits per heavy atom. The molecule has 0 radical (unpaired) electrons. The van der Waals surface area contributed by atoms with Crippen LogP contribution in [0.1, 0.15) is 18.5 Å². The van der Waals surface area contributed by atoms with Gasteiger partial charge in [-0.3, -0.25) is 0 Å². The van der Waals surface area contributed by atoms with Gasteiger partial charge in [0.1, 0.15) is 5.69 Å².